The highest BCUT2D eigenvalue weighted by Crippen LogP contribution is 2.14. The highest BCUT2D eigenvalue weighted by atomic mass is 35.5. The van der Waals surface area contributed by atoms with Crippen LogP contribution in [0.1, 0.15) is 38.7 Å². The summed E-state index contributed by atoms with van der Waals surface area (Å²) in [6.45, 7) is 5.01. The van der Waals surface area contributed by atoms with Crippen LogP contribution in [0.4, 0.5) is 4.39 Å². The average molecular weight is 244 g/mol. The fraction of sp³-hybridized carbons (Fsp3) is 0.538. The van der Waals surface area contributed by atoms with Gasteiger partial charge in [-0.25, -0.2) is 4.39 Å². The van der Waals surface area contributed by atoms with Crippen molar-refractivity contribution in [2.45, 2.75) is 45.7 Å². The molecule has 90 valence electrons. The minimum Gasteiger partial charge on any atom is -0.310 e. The summed E-state index contributed by atoms with van der Waals surface area (Å²) in [5, 5.41) is 3.87. The summed E-state index contributed by atoms with van der Waals surface area (Å²) in [4.78, 5) is 0. The molecule has 1 aromatic rings. The van der Waals surface area contributed by atoms with E-state index in [2.05, 4.69) is 19.2 Å². The monoisotopic (exact) mass is 243 g/mol. The van der Waals surface area contributed by atoms with Gasteiger partial charge in [-0.1, -0.05) is 31.9 Å². The number of benzene rings is 1. The third kappa shape index (κ3) is 4.50. The summed E-state index contributed by atoms with van der Waals surface area (Å²) in [5.74, 6) is -0.271. The Morgan fingerprint density at radius 3 is 2.62 bits per heavy atom. The standard InChI is InChI=1S/C13H19ClFN/c1-3-5-13(4-2)16-9-10-6-11(14)8-12(15)7-10/h6-8,13,16H,3-5,9H2,1-2H3. The summed E-state index contributed by atoms with van der Waals surface area (Å²) in [7, 11) is 0. The molecule has 0 bridgehead atoms. The van der Waals surface area contributed by atoms with Crippen LogP contribution in [0.25, 0.3) is 0 Å². The van der Waals surface area contributed by atoms with Gasteiger partial charge in [-0.3, -0.25) is 0 Å². The molecule has 3 heteroatoms. The van der Waals surface area contributed by atoms with Crippen LogP contribution >= 0.6 is 11.6 Å². The van der Waals surface area contributed by atoms with Gasteiger partial charge in [0.1, 0.15) is 5.82 Å². The van der Waals surface area contributed by atoms with E-state index >= 15 is 0 Å². The zero-order valence-electron chi connectivity index (χ0n) is 9.89. The molecule has 1 rings (SSSR count). The largest absolute Gasteiger partial charge is 0.310 e. The Balaban J connectivity index is 2.52. The van der Waals surface area contributed by atoms with E-state index < -0.39 is 0 Å². The molecular formula is C13H19ClFN. The first-order chi connectivity index (χ1) is 7.65. The lowest BCUT2D eigenvalue weighted by molar-refractivity contribution is 0.462. The first-order valence-electron chi connectivity index (χ1n) is 5.84. The van der Waals surface area contributed by atoms with Crippen LogP contribution in [-0.2, 0) is 6.54 Å². The fourth-order valence-corrected chi connectivity index (χ4v) is 2.02. The van der Waals surface area contributed by atoms with Gasteiger partial charge in [0.05, 0.1) is 0 Å². The summed E-state index contributed by atoms with van der Waals surface area (Å²) in [6.07, 6.45) is 3.41. The lowest BCUT2D eigenvalue weighted by Crippen LogP contribution is -2.27. The molecule has 1 nitrogen and oxygen atoms in total. The van der Waals surface area contributed by atoms with Crippen LogP contribution in [0.5, 0.6) is 0 Å². The highest BCUT2D eigenvalue weighted by molar-refractivity contribution is 6.30. The molecule has 0 saturated heterocycles. The number of rotatable bonds is 6. The number of hydrogen-bond donors (Lipinski definition) is 1. The predicted molar refractivity (Wildman–Crippen MR) is 67.2 cm³/mol. The van der Waals surface area contributed by atoms with E-state index in [1.165, 1.54) is 12.1 Å². The van der Waals surface area contributed by atoms with Gasteiger partial charge in [0.2, 0.25) is 0 Å². The Kier molecular flexibility index (Phi) is 5.78. The molecule has 0 radical (unpaired) electrons. The lowest BCUT2D eigenvalue weighted by atomic mass is 10.1. The zero-order valence-corrected chi connectivity index (χ0v) is 10.6. The summed E-state index contributed by atoms with van der Waals surface area (Å²) in [5.41, 5.74) is 0.902. The summed E-state index contributed by atoms with van der Waals surface area (Å²) >= 11 is 5.79. The molecule has 1 atom stereocenters. The van der Waals surface area contributed by atoms with E-state index in [0.717, 1.165) is 24.8 Å². The van der Waals surface area contributed by atoms with Crippen molar-refractivity contribution in [1.82, 2.24) is 5.32 Å². The average Bonchev–Trinajstić information content (AvgIpc) is 2.23. The van der Waals surface area contributed by atoms with E-state index in [-0.39, 0.29) is 5.82 Å². The van der Waals surface area contributed by atoms with Crippen molar-refractivity contribution in [3.63, 3.8) is 0 Å². The molecule has 1 aromatic carbocycles. The zero-order chi connectivity index (χ0) is 12.0. The molecular weight excluding hydrogens is 225 g/mol. The minimum atomic E-state index is -0.271. The molecule has 0 saturated carbocycles. The van der Waals surface area contributed by atoms with Crippen molar-refractivity contribution >= 4 is 11.6 Å². The number of halogens is 2. The van der Waals surface area contributed by atoms with Gasteiger partial charge in [-0.05, 0) is 36.6 Å². The molecule has 0 aliphatic rings. The Morgan fingerprint density at radius 2 is 2.06 bits per heavy atom. The second kappa shape index (κ2) is 6.87. The Labute approximate surface area is 102 Å². The van der Waals surface area contributed by atoms with E-state index in [4.69, 9.17) is 11.6 Å². The molecule has 0 heterocycles. The Morgan fingerprint density at radius 1 is 1.31 bits per heavy atom. The van der Waals surface area contributed by atoms with E-state index in [0.29, 0.717) is 17.6 Å². The van der Waals surface area contributed by atoms with Crippen LogP contribution in [0.15, 0.2) is 18.2 Å². The van der Waals surface area contributed by atoms with Crippen molar-refractivity contribution in [2.75, 3.05) is 0 Å². The highest BCUT2D eigenvalue weighted by Gasteiger charge is 2.05. The maximum absolute atomic E-state index is 13.1. The molecule has 0 fully saturated rings. The molecule has 16 heavy (non-hydrogen) atoms. The normalized spacial score (nSPS) is 12.8. The van der Waals surface area contributed by atoms with Crippen molar-refractivity contribution in [3.8, 4) is 0 Å². The van der Waals surface area contributed by atoms with Crippen molar-refractivity contribution < 1.29 is 4.39 Å². The second-order valence-electron chi connectivity index (χ2n) is 4.05. The second-order valence-corrected chi connectivity index (χ2v) is 4.49. The fourth-order valence-electron chi connectivity index (χ4n) is 1.77. The molecule has 0 amide bonds. The van der Waals surface area contributed by atoms with Gasteiger partial charge >= 0.3 is 0 Å². The van der Waals surface area contributed by atoms with E-state index in [9.17, 15) is 4.39 Å². The van der Waals surface area contributed by atoms with Crippen LogP contribution in [0.3, 0.4) is 0 Å². The Bertz CT molecular complexity index is 307. The molecule has 0 spiro atoms. The van der Waals surface area contributed by atoms with Gasteiger partial charge in [0.15, 0.2) is 0 Å². The molecule has 1 unspecified atom stereocenters. The van der Waals surface area contributed by atoms with Gasteiger partial charge in [-0.15, -0.1) is 0 Å². The quantitative estimate of drug-likeness (QED) is 0.792. The van der Waals surface area contributed by atoms with Crippen molar-refractivity contribution in [1.29, 1.82) is 0 Å². The first-order valence-corrected chi connectivity index (χ1v) is 6.21. The maximum atomic E-state index is 13.1. The summed E-state index contributed by atoms with van der Waals surface area (Å²) < 4.78 is 13.1. The summed E-state index contributed by atoms with van der Waals surface area (Å²) in [6, 6.07) is 5.16. The number of hydrogen-bond acceptors (Lipinski definition) is 1. The maximum Gasteiger partial charge on any atom is 0.125 e. The third-order valence-electron chi connectivity index (χ3n) is 2.65. The van der Waals surface area contributed by atoms with Crippen LogP contribution in [0, 0.1) is 5.82 Å². The van der Waals surface area contributed by atoms with Crippen LogP contribution in [0.2, 0.25) is 5.02 Å². The van der Waals surface area contributed by atoms with Crippen LogP contribution < -0.4 is 5.32 Å². The lowest BCUT2D eigenvalue weighted by Gasteiger charge is -2.16. The molecule has 1 N–H and O–H groups in total. The van der Waals surface area contributed by atoms with Crippen molar-refractivity contribution in [3.05, 3.63) is 34.6 Å². The third-order valence-corrected chi connectivity index (χ3v) is 2.87. The Hall–Kier alpha value is -0.600. The topological polar surface area (TPSA) is 12.0 Å². The molecule has 0 aliphatic heterocycles. The number of nitrogens with one attached hydrogen (secondary N) is 1. The molecule has 0 aliphatic carbocycles. The SMILES string of the molecule is CCCC(CC)NCc1cc(F)cc(Cl)c1. The van der Waals surface area contributed by atoms with Crippen LogP contribution in [-0.4, -0.2) is 6.04 Å². The van der Waals surface area contributed by atoms with E-state index in [1.54, 1.807) is 6.07 Å². The first kappa shape index (κ1) is 13.5. The smallest absolute Gasteiger partial charge is 0.125 e. The van der Waals surface area contributed by atoms with Gasteiger partial charge < -0.3 is 5.32 Å². The minimum absolute atomic E-state index is 0.271. The van der Waals surface area contributed by atoms with Gasteiger partial charge in [0.25, 0.3) is 0 Å². The molecule has 0 aromatic heterocycles. The van der Waals surface area contributed by atoms with Gasteiger partial charge in [0, 0.05) is 17.6 Å². The van der Waals surface area contributed by atoms with Gasteiger partial charge in [-0.2, -0.15) is 0 Å². The predicted octanol–water partition coefficient (Wildman–Crippen LogP) is 4.15. The van der Waals surface area contributed by atoms with E-state index in [1.807, 2.05) is 0 Å². The van der Waals surface area contributed by atoms with Crippen molar-refractivity contribution in [2.24, 2.45) is 0 Å².